The summed E-state index contributed by atoms with van der Waals surface area (Å²) in [5.41, 5.74) is 2.83. The molecule has 1 fully saturated rings. The van der Waals surface area contributed by atoms with Crippen LogP contribution in [-0.2, 0) is 4.79 Å². The SMILES string of the molecule is CC.CC(C)(C)C1CCCCC1.O=C(O)CCN1CC=C(c2ccc(OF)cc2)CC1. The van der Waals surface area contributed by atoms with E-state index in [-0.39, 0.29) is 12.2 Å². The average molecular weight is 436 g/mol. The number of aliphatic carboxylic acids is 1. The second kappa shape index (κ2) is 14.2. The Balaban J connectivity index is 0.000000337. The van der Waals surface area contributed by atoms with Crippen molar-refractivity contribution in [1.29, 1.82) is 0 Å². The molecule has 0 atom stereocenters. The highest BCUT2D eigenvalue weighted by Crippen LogP contribution is 2.37. The van der Waals surface area contributed by atoms with Gasteiger partial charge >= 0.3 is 5.97 Å². The molecule has 3 rings (SSSR count). The number of halogens is 1. The molecule has 1 saturated carbocycles. The van der Waals surface area contributed by atoms with Gasteiger partial charge in [-0.05, 0) is 53.9 Å². The van der Waals surface area contributed by atoms with E-state index in [0.717, 1.165) is 31.0 Å². The van der Waals surface area contributed by atoms with E-state index in [9.17, 15) is 9.32 Å². The molecule has 0 saturated heterocycles. The molecule has 31 heavy (non-hydrogen) atoms. The van der Waals surface area contributed by atoms with E-state index in [1.165, 1.54) is 37.7 Å². The fraction of sp³-hybridized carbons (Fsp3) is 0.654. The van der Waals surface area contributed by atoms with Crippen molar-refractivity contribution in [3.63, 3.8) is 0 Å². The number of carboxylic acid groups (broad SMARTS) is 1. The maximum absolute atomic E-state index is 11.9. The highest BCUT2D eigenvalue weighted by atomic mass is 19.3. The van der Waals surface area contributed by atoms with Crippen LogP contribution in [0.25, 0.3) is 5.57 Å². The molecule has 1 heterocycles. The summed E-state index contributed by atoms with van der Waals surface area (Å²) < 4.78 is 11.9. The van der Waals surface area contributed by atoms with E-state index in [1.54, 1.807) is 12.1 Å². The first-order valence-corrected chi connectivity index (χ1v) is 11.8. The van der Waals surface area contributed by atoms with E-state index in [0.29, 0.717) is 12.0 Å². The zero-order valence-electron chi connectivity index (χ0n) is 20.1. The Kier molecular flexibility index (Phi) is 12.5. The lowest BCUT2D eigenvalue weighted by Gasteiger charge is -2.33. The van der Waals surface area contributed by atoms with E-state index in [1.807, 2.05) is 26.0 Å². The molecule has 0 radical (unpaired) electrons. The van der Waals surface area contributed by atoms with E-state index in [2.05, 4.69) is 36.7 Å². The van der Waals surface area contributed by atoms with Crippen molar-refractivity contribution < 1.29 is 19.4 Å². The van der Waals surface area contributed by atoms with Crippen LogP contribution in [0.5, 0.6) is 5.75 Å². The number of hydrogen-bond donors (Lipinski definition) is 1. The van der Waals surface area contributed by atoms with Crippen molar-refractivity contribution in [2.24, 2.45) is 11.3 Å². The van der Waals surface area contributed by atoms with E-state index < -0.39 is 5.97 Å². The van der Waals surface area contributed by atoms with Gasteiger partial charge in [-0.3, -0.25) is 14.6 Å². The summed E-state index contributed by atoms with van der Waals surface area (Å²) in [6.45, 7) is 13.3. The monoisotopic (exact) mass is 435 g/mol. The quantitative estimate of drug-likeness (QED) is 0.533. The zero-order valence-corrected chi connectivity index (χ0v) is 20.1. The summed E-state index contributed by atoms with van der Waals surface area (Å²) in [4.78, 5) is 16.3. The van der Waals surface area contributed by atoms with Crippen LogP contribution in [0.2, 0.25) is 0 Å². The Labute approximate surface area is 188 Å². The summed E-state index contributed by atoms with van der Waals surface area (Å²) in [5.74, 6) is 0.432. The third-order valence-corrected chi connectivity index (χ3v) is 6.08. The number of hydrogen-bond acceptors (Lipinski definition) is 3. The molecule has 0 unspecified atom stereocenters. The number of nitrogens with zero attached hydrogens (tertiary/aromatic N) is 1. The molecule has 0 bridgehead atoms. The third kappa shape index (κ3) is 10.3. The van der Waals surface area contributed by atoms with E-state index in [4.69, 9.17) is 5.11 Å². The summed E-state index contributed by atoms with van der Waals surface area (Å²) in [5, 5.41) is 8.64. The minimum absolute atomic E-state index is 0.172. The fourth-order valence-electron chi connectivity index (χ4n) is 4.12. The summed E-state index contributed by atoms with van der Waals surface area (Å²) in [6, 6.07) is 6.83. The molecule has 1 aliphatic carbocycles. The van der Waals surface area contributed by atoms with Crippen LogP contribution >= 0.6 is 0 Å². The van der Waals surface area contributed by atoms with Crippen molar-refractivity contribution in [3.8, 4) is 5.75 Å². The van der Waals surface area contributed by atoms with Gasteiger partial charge in [0, 0.05) is 24.2 Å². The average Bonchev–Trinajstić information content (AvgIpc) is 2.80. The topological polar surface area (TPSA) is 49.8 Å². The summed E-state index contributed by atoms with van der Waals surface area (Å²) >= 11 is 0. The number of rotatable bonds is 5. The predicted octanol–water partition coefficient (Wildman–Crippen LogP) is 7.15. The molecule has 176 valence electrons. The summed E-state index contributed by atoms with van der Waals surface area (Å²) in [7, 11) is 0. The van der Waals surface area contributed by atoms with Gasteiger partial charge in [0.15, 0.2) is 5.75 Å². The maximum atomic E-state index is 11.9. The molecule has 2 aliphatic rings. The number of carboxylic acids is 1. The maximum Gasteiger partial charge on any atom is 0.304 e. The van der Waals surface area contributed by atoms with Crippen molar-refractivity contribution in [1.82, 2.24) is 4.90 Å². The zero-order chi connectivity index (χ0) is 23.3. The minimum Gasteiger partial charge on any atom is -0.481 e. The molecule has 1 aromatic carbocycles. The second-order valence-corrected chi connectivity index (χ2v) is 9.23. The van der Waals surface area contributed by atoms with Crippen LogP contribution in [0.4, 0.5) is 4.53 Å². The van der Waals surface area contributed by atoms with Gasteiger partial charge in [-0.25, -0.2) is 0 Å². The van der Waals surface area contributed by atoms with Crippen LogP contribution in [0.1, 0.15) is 85.1 Å². The van der Waals surface area contributed by atoms with Crippen molar-refractivity contribution in [3.05, 3.63) is 35.9 Å². The smallest absolute Gasteiger partial charge is 0.304 e. The lowest BCUT2D eigenvalue weighted by Crippen LogP contribution is -2.30. The van der Waals surface area contributed by atoms with Crippen molar-refractivity contribution in [2.45, 2.75) is 79.6 Å². The third-order valence-electron chi connectivity index (χ3n) is 6.08. The van der Waals surface area contributed by atoms with Gasteiger partial charge in [0.2, 0.25) is 0 Å². The number of carbonyl (C=O) groups is 1. The first-order valence-electron chi connectivity index (χ1n) is 11.8. The Hall–Kier alpha value is -1.88. The first kappa shape index (κ1) is 27.2. The van der Waals surface area contributed by atoms with Crippen LogP contribution < -0.4 is 4.94 Å². The minimum atomic E-state index is -0.767. The van der Waals surface area contributed by atoms with Gasteiger partial charge < -0.3 is 5.11 Å². The van der Waals surface area contributed by atoms with Gasteiger partial charge in [0.05, 0.1) is 6.42 Å². The largest absolute Gasteiger partial charge is 0.481 e. The van der Waals surface area contributed by atoms with Crippen LogP contribution in [-0.4, -0.2) is 35.6 Å². The van der Waals surface area contributed by atoms with Crippen LogP contribution in [0.15, 0.2) is 30.3 Å². The highest BCUT2D eigenvalue weighted by molar-refractivity contribution is 5.68. The molecular weight excluding hydrogens is 393 g/mol. The van der Waals surface area contributed by atoms with Crippen molar-refractivity contribution in [2.75, 3.05) is 19.6 Å². The summed E-state index contributed by atoms with van der Waals surface area (Å²) in [6.07, 6.45) is 10.5. The Bertz CT molecular complexity index is 658. The predicted molar refractivity (Wildman–Crippen MR) is 127 cm³/mol. The molecular formula is C26H42FNO3. The Morgan fingerprint density at radius 1 is 1.13 bits per heavy atom. The molecule has 1 N–H and O–H groups in total. The molecule has 0 spiro atoms. The van der Waals surface area contributed by atoms with Gasteiger partial charge in [-0.1, -0.05) is 72.1 Å². The lowest BCUT2D eigenvalue weighted by molar-refractivity contribution is -0.137. The van der Waals surface area contributed by atoms with Gasteiger partial charge in [-0.2, -0.15) is 0 Å². The fourth-order valence-corrected chi connectivity index (χ4v) is 4.12. The highest BCUT2D eigenvalue weighted by Gasteiger charge is 2.25. The molecule has 4 nitrogen and oxygen atoms in total. The molecule has 0 amide bonds. The Morgan fingerprint density at radius 2 is 1.74 bits per heavy atom. The molecule has 1 aromatic rings. The van der Waals surface area contributed by atoms with E-state index >= 15 is 0 Å². The molecule has 1 aliphatic heterocycles. The Morgan fingerprint density at radius 3 is 2.16 bits per heavy atom. The molecule has 5 heteroatoms. The number of benzene rings is 1. The molecule has 0 aromatic heterocycles. The van der Waals surface area contributed by atoms with Crippen LogP contribution in [0, 0.1) is 11.3 Å². The van der Waals surface area contributed by atoms with Gasteiger partial charge in [0.25, 0.3) is 0 Å². The lowest BCUT2D eigenvalue weighted by atomic mass is 9.72. The van der Waals surface area contributed by atoms with Gasteiger partial charge in [-0.15, -0.1) is 0 Å². The standard InChI is InChI=1S/C14H16FNO3.C10H20.C2H6/c15-19-13-3-1-11(2-4-13)12-5-8-16(9-6-12)10-7-14(17)18;1-10(2,3)9-7-5-4-6-8-9;1-2/h1-5H,6-10H2,(H,17,18);9H,4-8H2,1-3H3;1-2H3. The normalized spacial score (nSPS) is 17.4. The van der Waals surface area contributed by atoms with Crippen molar-refractivity contribution >= 4 is 11.5 Å². The first-order chi connectivity index (χ1) is 14.8. The van der Waals surface area contributed by atoms with Crippen LogP contribution in [0.3, 0.4) is 0 Å². The van der Waals surface area contributed by atoms with Gasteiger partial charge in [0.1, 0.15) is 0 Å². The second-order valence-electron chi connectivity index (χ2n) is 9.23.